The van der Waals surface area contributed by atoms with Crippen molar-refractivity contribution in [3.05, 3.63) is 29.8 Å². The number of hydrogen-bond acceptors (Lipinski definition) is 9. The second-order valence-corrected chi connectivity index (χ2v) is 17.5. The van der Waals surface area contributed by atoms with Crippen molar-refractivity contribution in [2.45, 2.75) is 155 Å². The third kappa shape index (κ3) is 21.8. The van der Waals surface area contributed by atoms with Crippen LogP contribution in [0.25, 0.3) is 0 Å². The molecule has 0 saturated heterocycles. The zero-order chi connectivity index (χ0) is 43.3. The fourth-order valence-corrected chi connectivity index (χ4v) is 6.89. The van der Waals surface area contributed by atoms with E-state index in [2.05, 4.69) is 37.2 Å². The molecule has 1 aromatic carbocycles. The lowest BCUT2D eigenvalue weighted by molar-refractivity contribution is -0.131. The van der Waals surface area contributed by atoms with Gasteiger partial charge in [0.1, 0.15) is 35.2 Å². The molecule has 4 amide bonds. The Morgan fingerprint density at radius 2 is 1.05 bits per heavy atom. The zero-order valence-corrected chi connectivity index (χ0v) is 36.7. The van der Waals surface area contributed by atoms with Crippen molar-refractivity contribution in [2.75, 3.05) is 25.0 Å². The third-order valence-corrected chi connectivity index (χ3v) is 9.94. The molecule has 0 heterocycles. The summed E-state index contributed by atoms with van der Waals surface area (Å²) < 4.78 is 42.3. The second-order valence-electron chi connectivity index (χ2n) is 16.9. The summed E-state index contributed by atoms with van der Waals surface area (Å²) in [7, 11) is 0. The Kier molecular flexibility index (Phi) is 22.2. The minimum absolute atomic E-state index is 0.00341. The number of Topliss-reactive ketones (excluding diaryl/α,β-unsaturated/α-hetero) is 2. The molecule has 13 nitrogen and oxygen atoms in total. The number of hydrogen-bond donors (Lipinski definition) is 4. The predicted molar refractivity (Wildman–Crippen MR) is 220 cm³/mol. The molecule has 0 unspecified atom stereocenters. The average molecular weight is 888 g/mol. The highest BCUT2D eigenvalue weighted by Gasteiger charge is 2.29. The lowest BCUT2D eigenvalue weighted by Gasteiger charge is -2.21. The smallest absolute Gasteiger partial charge is 0.407 e. The van der Waals surface area contributed by atoms with Gasteiger partial charge < -0.3 is 35.5 Å². The number of carbonyl (C=O) groups excluding carboxylic acids is 6. The number of unbranched alkanes of at least 4 members (excludes halogenated alkanes) is 2. The number of ketones is 2. The lowest BCUT2D eigenvalue weighted by atomic mass is 10.0. The van der Waals surface area contributed by atoms with Crippen LogP contribution in [0.4, 0.5) is 18.4 Å². The molecule has 2 aliphatic carbocycles. The summed E-state index contributed by atoms with van der Waals surface area (Å²) in [5.74, 6) is -2.30. The number of benzene rings is 1. The third-order valence-electron chi connectivity index (χ3n) is 9.39. The first-order valence-electron chi connectivity index (χ1n) is 20.5. The van der Waals surface area contributed by atoms with Gasteiger partial charge >= 0.3 is 12.2 Å². The van der Waals surface area contributed by atoms with Gasteiger partial charge in [-0.1, -0.05) is 41.6 Å². The van der Waals surface area contributed by atoms with Crippen LogP contribution in [-0.4, -0.2) is 83.9 Å². The summed E-state index contributed by atoms with van der Waals surface area (Å²) in [6.45, 7) is 11.2. The molecular weight excluding hydrogens is 822 g/mol. The summed E-state index contributed by atoms with van der Waals surface area (Å²) >= 11 is 3.18. The summed E-state index contributed by atoms with van der Waals surface area (Å²) in [5.41, 5.74) is -1.10. The number of halogens is 3. The largest absolute Gasteiger partial charge is 0.486 e. The molecule has 0 aliphatic heterocycles. The van der Waals surface area contributed by atoms with Crippen molar-refractivity contribution in [1.82, 2.24) is 21.3 Å². The molecule has 16 heteroatoms. The Morgan fingerprint density at radius 1 is 0.655 bits per heavy atom. The van der Waals surface area contributed by atoms with Gasteiger partial charge in [0.25, 0.3) is 0 Å². The summed E-state index contributed by atoms with van der Waals surface area (Å²) in [4.78, 5) is 72.8. The normalized spacial score (nSPS) is 15.6. The molecule has 0 aromatic heterocycles. The topological polar surface area (TPSA) is 178 Å². The van der Waals surface area contributed by atoms with Crippen LogP contribution < -0.4 is 26.0 Å². The van der Waals surface area contributed by atoms with Crippen molar-refractivity contribution in [2.24, 2.45) is 11.8 Å². The van der Waals surface area contributed by atoms with Gasteiger partial charge in [-0.2, -0.15) is 0 Å². The Labute approximate surface area is 350 Å². The van der Waals surface area contributed by atoms with E-state index in [1.54, 1.807) is 20.8 Å². The molecule has 328 valence electrons. The Bertz CT molecular complexity index is 1470. The van der Waals surface area contributed by atoms with Crippen LogP contribution in [0, 0.1) is 23.5 Å². The summed E-state index contributed by atoms with van der Waals surface area (Å²) in [6, 6.07) is 1.47. The van der Waals surface area contributed by atoms with Gasteiger partial charge in [-0.05, 0) is 106 Å². The number of rotatable bonds is 20. The Hall–Kier alpha value is -3.82. The van der Waals surface area contributed by atoms with Crippen molar-refractivity contribution < 1.29 is 51.8 Å². The molecule has 0 spiro atoms. The maximum Gasteiger partial charge on any atom is 0.407 e. The Morgan fingerprint density at radius 3 is 1.43 bits per heavy atom. The molecule has 2 fully saturated rings. The van der Waals surface area contributed by atoms with E-state index >= 15 is 0 Å². The first-order chi connectivity index (χ1) is 27.3. The molecule has 2 saturated carbocycles. The molecule has 4 N–H and O–H groups in total. The van der Waals surface area contributed by atoms with Crippen LogP contribution in [0.2, 0.25) is 0 Å². The van der Waals surface area contributed by atoms with E-state index in [0.717, 1.165) is 76.3 Å². The molecule has 2 aliphatic rings. The summed E-state index contributed by atoms with van der Waals surface area (Å²) in [6.07, 6.45) is 10.2. The number of alkyl halides is 1. The van der Waals surface area contributed by atoms with Gasteiger partial charge in [0.2, 0.25) is 11.8 Å². The molecule has 0 bridgehead atoms. The lowest BCUT2D eigenvalue weighted by Crippen LogP contribution is -2.45. The number of amides is 4. The Balaban J connectivity index is 0.000000416. The highest BCUT2D eigenvalue weighted by molar-refractivity contribution is 9.09. The first-order valence-corrected chi connectivity index (χ1v) is 21.6. The van der Waals surface area contributed by atoms with Gasteiger partial charge in [-0.3, -0.25) is 19.2 Å². The quantitative estimate of drug-likeness (QED) is 0.0758. The number of alkyl carbamates (subject to hydrolysis) is 2. The van der Waals surface area contributed by atoms with Crippen LogP contribution in [0.3, 0.4) is 0 Å². The maximum absolute atomic E-state index is 13.3. The van der Waals surface area contributed by atoms with Gasteiger partial charge in [-0.15, -0.1) is 0 Å². The zero-order valence-electron chi connectivity index (χ0n) is 35.1. The fraction of sp³-hybridized carbons (Fsp3) is 0.714. The minimum Gasteiger partial charge on any atom is -0.486 e. The van der Waals surface area contributed by atoms with Crippen molar-refractivity contribution in [3.8, 4) is 5.75 Å². The van der Waals surface area contributed by atoms with Gasteiger partial charge in [0, 0.05) is 43.1 Å². The van der Waals surface area contributed by atoms with Crippen LogP contribution in [0.1, 0.15) is 131 Å². The number of nitrogens with one attached hydrogen (secondary N) is 4. The van der Waals surface area contributed by atoms with Crippen molar-refractivity contribution in [3.63, 3.8) is 0 Å². The van der Waals surface area contributed by atoms with Gasteiger partial charge in [-0.25, -0.2) is 18.4 Å². The summed E-state index contributed by atoms with van der Waals surface area (Å²) in [5, 5.41) is 11.3. The van der Waals surface area contributed by atoms with Crippen molar-refractivity contribution in [1.29, 1.82) is 0 Å². The molecular formula is C42H65BrF2N4O9. The average Bonchev–Trinajstić information content (AvgIpc) is 3.87. The van der Waals surface area contributed by atoms with E-state index < -0.39 is 53.7 Å². The van der Waals surface area contributed by atoms with Crippen LogP contribution in [-0.2, 0) is 28.7 Å². The second kappa shape index (κ2) is 25.6. The molecule has 1 aromatic rings. The molecule has 3 rings (SSSR count). The molecule has 2 atom stereocenters. The minimum atomic E-state index is -0.805. The van der Waals surface area contributed by atoms with E-state index in [1.807, 2.05) is 20.8 Å². The highest BCUT2D eigenvalue weighted by Crippen LogP contribution is 2.26. The molecule has 58 heavy (non-hydrogen) atoms. The molecule has 0 radical (unpaired) electrons. The number of carbonyl (C=O) groups is 6. The number of ether oxygens (including phenoxy) is 3. The van der Waals surface area contributed by atoms with Crippen LogP contribution >= 0.6 is 15.9 Å². The highest BCUT2D eigenvalue weighted by atomic mass is 79.9. The predicted octanol–water partition coefficient (Wildman–Crippen LogP) is 7.60. The standard InChI is InChI=1S/C24H34F2N2O5.C18H31BrN2O4/c1-24(2,3)33-23(31)27-11-7-6-10-20(28-22(30)16-8-4-5-9-16)21(29)15-32-19-13-17(25)12-18(26)14-19;1-18(2,3)25-17(24)20-11-7-6-10-14(15(22)12-19)21-16(23)13-8-4-5-9-13/h12-14,16,20H,4-11,15H2,1-3H3,(H,27,31)(H,28,30);13-14H,4-12H2,1-3H3,(H,20,24)(H,21,23)/t20-;14-/m00/s1. The SMILES string of the molecule is CC(C)(C)OC(=O)NCCCC[C@H](NC(=O)C1CCCC1)C(=O)CBr.CC(C)(C)OC(=O)NCCCC[C@H](NC(=O)C1CCCC1)C(=O)COc1cc(F)cc(F)c1. The maximum atomic E-state index is 13.3. The van der Waals surface area contributed by atoms with E-state index in [1.165, 1.54) is 0 Å². The fourth-order valence-electron chi connectivity index (χ4n) is 6.50. The van der Waals surface area contributed by atoms with Crippen LogP contribution in [0.5, 0.6) is 5.75 Å². The van der Waals surface area contributed by atoms with Gasteiger partial charge in [0.05, 0.1) is 17.4 Å². The van der Waals surface area contributed by atoms with E-state index in [9.17, 15) is 37.5 Å². The first kappa shape index (κ1) is 50.3. The van der Waals surface area contributed by atoms with E-state index in [0.29, 0.717) is 44.8 Å². The van der Waals surface area contributed by atoms with E-state index in [4.69, 9.17) is 14.2 Å². The van der Waals surface area contributed by atoms with Crippen LogP contribution in [0.15, 0.2) is 18.2 Å². The van der Waals surface area contributed by atoms with Gasteiger partial charge in [0.15, 0.2) is 11.6 Å². The van der Waals surface area contributed by atoms with Crippen molar-refractivity contribution >= 4 is 51.5 Å². The van der Waals surface area contributed by atoms with E-state index in [-0.39, 0.29) is 46.3 Å². The monoisotopic (exact) mass is 886 g/mol.